The van der Waals surface area contributed by atoms with E-state index >= 15 is 0 Å². The van der Waals surface area contributed by atoms with Gasteiger partial charge in [0, 0.05) is 12.2 Å². The van der Waals surface area contributed by atoms with Crippen LogP contribution in [-0.2, 0) is 4.74 Å². The maximum atomic E-state index is 13.5. The lowest BCUT2D eigenvalue weighted by molar-refractivity contribution is -0.380. The van der Waals surface area contributed by atoms with E-state index in [2.05, 4.69) is 14.7 Å². The first kappa shape index (κ1) is 14.9. The Balaban J connectivity index is 1.83. The molecule has 3 heterocycles. The number of rotatable bonds is 2. The van der Waals surface area contributed by atoms with Gasteiger partial charge in [0.05, 0.1) is 17.4 Å². The molecule has 124 valence electrons. The number of alkyl halides is 4. The number of ether oxygens (including phenoxy) is 1. The van der Waals surface area contributed by atoms with Crippen molar-refractivity contribution < 1.29 is 22.3 Å². The molecule has 23 heavy (non-hydrogen) atoms. The first-order chi connectivity index (χ1) is 10.7. The van der Waals surface area contributed by atoms with Crippen LogP contribution in [0.1, 0.15) is 18.9 Å². The Kier molecular flexibility index (Phi) is 3.05. The van der Waals surface area contributed by atoms with E-state index in [-0.39, 0.29) is 22.5 Å². The molecule has 2 aromatic heterocycles. The Morgan fingerprint density at radius 2 is 1.83 bits per heavy atom. The van der Waals surface area contributed by atoms with Gasteiger partial charge >= 0.3 is 12.2 Å². The van der Waals surface area contributed by atoms with Gasteiger partial charge in [-0.05, 0) is 24.4 Å². The molecule has 0 aromatic carbocycles. The molecule has 5 nitrogen and oxygen atoms in total. The Labute approximate surface area is 132 Å². The zero-order valence-corrected chi connectivity index (χ0v) is 12.4. The van der Waals surface area contributed by atoms with E-state index in [0.29, 0.717) is 5.52 Å². The van der Waals surface area contributed by atoms with E-state index in [0.717, 1.165) is 17.7 Å². The maximum Gasteiger partial charge on any atom is 0.377 e. The summed E-state index contributed by atoms with van der Waals surface area (Å²) >= 11 is 5.78. The highest BCUT2D eigenvalue weighted by atomic mass is 35.5. The van der Waals surface area contributed by atoms with Crippen molar-refractivity contribution in [1.29, 1.82) is 0 Å². The minimum atomic E-state index is -3.95. The Morgan fingerprint density at radius 3 is 2.43 bits per heavy atom. The predicted octanol–water partition coefficient (Wildman–Crippen LogP) is 3.44. The summed E-state index contributed by atoms with van der Waals surface area (Å²) < 4.78 is 59.3. The van der Waals surface area contributed by atoms with Crippen LogP contribution < -0.4 is 4.90 Å². The van der Waals surface area contributed by atoms with Crippen molar-refractivity contribution >= 4 is 28.3 Å². The second kappa shape index (κ2) is 4.70. The molecule has 0 bridgehead atoms. The average molecular weight is 351 g/mol. The smallest absolute Gasteiger partial charge is 0.351 e. The summed E-state index contributed by atoms with van der Waals surface area (Å²) in [6.45, 7) is -1.96. The van der Waals surface area contributed by atoms with Crippen LogP contribution in [0.25, 0.3) is 11.0 Å². The van der Waals surface area contributed by atoms with E-state index in [9.17, 15) is 17.6 Å². The zero-order chi connectivity index (χ0) is 16.4. The van der Waals surface area contributed by atoms with E-state index in [1.165, 1.54) is 6.20 Å². The van der Waals surface area contributed by atoms with Gasteiger partial charge < -0.3 is 9.47 Å². The standard InChI is InChI=1S/C13H11ClF4N4O/c14-11-19-3-8-10(20-11)9(4-22(8)7-1-2-7)21-5-12(15,16)23-13(17,18)6-21/h3-4,7H,1-2,5-6H2. The molecule has 0 N–H and O–H groups in total. The second-order valence-electron chi connectivity index (χ2n) is 5.76. The second-order valence-corrected chi connectivity index (χ2v) is 6.10. The number of halogens is 5. The van der Waals surface area contributed by atoms with Gasteiger partial charge in [-0.15, -0.1) is 0 Å². The summed E-state index contributed by atoms with van der Waals surface area (Å²) in [5, 5.41) is -0.0703. The molecule has 0 radical (unpaired) electrons. The molecule has 1 aliphatic carbocycles. The molecule has 4 rings (SSSR count). The van der Waals surface area contributed by atoms with E-state index < -0.39 is 25.3 Å². The van der Waals surface area contributed by atoms with Gasteiger partial charge in [0.25, 0.3) is 0 Å². The number of aromatic nitrogens is 3. The van der Waals surface area contributed by atoms with Crippen LogP contribution in [-0.4, -0.2) is 39.8 Å². The van der Waals surface area contributed by atoms with Gasteiger partial charge in [-0.2, -0.15) is 17.6 Å². The number of hydrogen-bond donors (Lipinski definition) is 0. The van der Waals surface area contributed by atoms with Crippen LogP contribution in [0.15, 0.2) is 12.4 Å². The molecule has 10 heteroatoms. The maximum absolute atomic E-state index is 13.5. The van der Waals surface area contributed by atoms with E-state index in [1.807, 2.05) is 4.57 Å². The lowest BCUT2D eigenvalue weighted by atomic mass is 10.3. The molecule has 0 unspecified atom stereocenters. The van der Waals surface area contributed by atoms with Crippen molar-refractivity contribution in [2.24, 2.45) is 0 Å². The third-order valence-electron chi connectivity index (χ3n) is 3.85. The summed E-state index contributed by atoms with van der Waals surface area (Å²) in [4.78, 5) is 8.81. The normalized spacial score (nSPS) is 23.4. The first-order valence-electron chi connectivity index (χ1n) is 6.98. The number of nitrogens with zero attached hydrogens (tertiary/aromatic N) is 4. The van der Waals surface area contributed by atoms with Crippen LogP contribution in [0.4, 0.5) is 23.2 Å². The SMILES string of the molecule is FC1(F)CN(c2cn(C3CC3)c3cnc(Cl)nc23)CC(F)(F)O1. The largest absolute Gasteiger partial charge is 0.377 e. The minimum Gasteiger partial charge on any atom is -0.351 e. The number of morpholine rings is 1. The molecule has 0 amide bonds. The van der Waals surface area contributed by atoms with Crippen molar-refractivity contribution in [2.75, 3.05) is 18.0 Å². The summed E-state index contributed by atoms with van der Waals surface area (Å²) in [6, 6.07) is 0.207. The van der Waals surface area contributed by atoms with Gasteiger partial charge in [-0.25, -0.2) is 9.97 Å². The summed E-state index contributed by atoms with van der Waals surface area (Å²) in [5.74, 6) is 0. The van der Waals surface area contributed by atoms with Crippen LogP contribution in [0.5, 0.6) is 0 Å². The molecule has 0 atom stereocenters. The van der Waals surface area contributed by atoms with Crippen LogP contribution >= 0.6 is 11.6 Å². The molecule has 2 fully saturated rings. The Hall–Kier alpha value is -1.61. The molecule has 2 aromatic rings. The van der Waals surface area contributed by atoms with Crippen molar-refractivity contribution in [3.8, 4) is 0 Å². The fourth-order valence-electron chi connectivity index (χ4n) is 2.83. The quantitative estimate of drug-likeness (QED) is 0.614. The highest BCUT2D eigenvalue weighted by Crippen LogP contribution is 2.43. The topological polar surface area (TPSA) is 43.2 Å². The van der Waals surface area contributed by atoms with Crippen molar-refractivity contribution in [1.82, 2.24) is 14.5 Å². The third kappa shape index (κ3) is 2.72. The van der Waals surface area contributed by atoms with Gasteiger partial charge in [0.2, 0.25) is 5.28 Å². The van der Waals surface area contributed by atoms with E-state index in [1.54, 1.807) is 6.20 Å². The van der Waals surface area contributed by atoms with Gasteiger partial charge in [-0.1, -0.05) is 0 Å². The lowest BCUT2D eigenvalue weighted by Crippen LogP contribution is -2.55. The van der Waals surface area contributed by atoms with Crippen LogP contribution in [0.2, 0.25) is 5.28 Å². The third-order valence-corrected chi connectivity index (χ3v) is 4.03. The average Bonchev–Trinajstić information content (AvgIpc) is 3.16. The number of fused-ring (bicyclic) bond motifs is 1. The number of hydrogen-bond acceptors (Lipinski definition) is 4. The first-order valence-corrected chi connectivity index (χ1v) is 7.36. The molecule has 1 saturated carbocycles. The molecule has 0 spiro atoms. The fourth-order valence-corrected chi connectivity index (χ4v) is 2.97. The molecule has 1 saturated heterocycles. The fraction of sp³-hybridized carbons (Fsp3) is 0.538. The van der Waals surface area contributed by atoms with Crippen LogP contribution in [0.3, 0.4) is 0 Å². The Morgan fingerprint density at radius 1 is 1.17 bits per heavy atom. The number of anilines is 1. The van der Waals surface area contributed by atoms with Crippen LogP contribution in [0, 0.1) is 0 Å². The molecule has 2 aliphatic rings. The molecular weight excluding hydrogens is 340 g/mol. The van der Waals surface area contributed by atoms with E-state index in [4.69, 9.17) is 11.6 Å². The molecule has 1 aliphatic heterocycles. The highest BCUT2D eigenvalue weighted by Gasteiger charge is 2.52. The van der Waals surface area contributed by atoms with Gasteiger partial charge in [0.1, 0.15) is 18.6 Å². The zero-order valence-electron chi connectivity index (χ0n) is 11.6. The summed E-state index contributed by atoms with van der Waals surface area (Å²) in [7, 11) is 0. The minimum absolute atomic E-state index is 0.0703. The summed E-state index contributed by atoms with van der Waals surface area (Å²) in [5.41, 5.74) is 1.05. The predicted molar refractivity (Wildman–Crippen MR) is 74.0 cm³/mol. The highest BCUT2D eigenvalue weighted by molar-refractivity contribution is 6.28. The Bertz CT molecular complexity index is 761. The summed E-state index contributed by atoms with van der Waals surface area (Å²) in [6.07, 6.45) is -3.00. The van der Waals surface area contributed by atoms with Crippen molar-refractivity contribution in [3.63, 3.8) is 0 Å². The lowest BCUT2D eigenvalue weighted by Gasteiger charge is -2.37. The van der Waals surface area contributed by atoms with Crippen molar-refractivity contribution in [3.05, 3.63) is 17.7 Å². The van der Waals surface area contributed by atoms with Crippen molar-refractivity contribution in [2.45, 2.75) is 31.1 Å². The molecular formula is C13H11ClF4N4O. The van der Waals surface area contributed by atoms with Gasteiger partial charge in [-0.3, -0.25) is 4.74 Å². The monoisotopic (exact) mass is 350 g/mol. The van der Waals surface area contributed by atoms with Gasteiger partial charge in [0.15, 0.2) is 0 Å².